The van der Waals surface area contributed by atoms with Gasteiger partial charge < -0.3 is 25.2 Å². The third kappa shape index (κ3) is 4.86. The maximum atomic E-state index is 13.6. The lowest BCUT2D eigenvalue weighted by molar-refractivity contribution is 0.0727. The maximum absolute atomic E-state index is 13.6. The van der Waals surface area contributed by atoms with Gasteiger partial charge in [-0.15, -0.1) is 0 Å². The molecule has 2 heterocycles. The number of carbonyl (C=O) groups excluding carboxylic acids is 1. The molecule has 1 aliphatic heterocycles. The molecule has 0 aliphatic carbocycles. The first-order valence-corrected chi connectivity index (χ1v) is 11.2. The molecule has 0 unspecified atom stereocenters. The van der Waals surface area contributed by atoms with Gasteiger partial charge in [0.05, 0.1) is 18.1 Å². The van der Waals surface area contributed by atoms with Crippen LogP contribution >= 0.6 is 0 Å². The molecule has 0 saturated carbocycles. The lowest BCUT2D eigenvalue weighted by Gasteiger charge is -2.31. The molecule has 0 fully saturated rings. The molecule has 35 heavy (non-hydrogen) atoms. The van der Waals surface area contributed by atoms with Crippen LogP contribution in [0, 0.1) is 0 Å². The topological polar surface area (TPSA) is 108 Å². The second kappa shape index (κ2) is 9.72. The van der Waals surface area contributed by atoms with Gasteiger partial charge >= 0.3 is 0 Å². The molecular formula is C27H24N4O4. The Bertz CT molecular complexity index is 1350. The summed E-state index contributed by atoms with van der Waals surface area (Å²) >= 11 is 0. The van der Waals surface area contributed by atoms with Crippen LogP contribution in [-0.2, 0) is 19.6 Å². The molecular weight excluding hydrogens is 444 g/mol. The summed E-state index contributed by atoms with van der Waals surface area (Å²) in [4.78, 5) is 15.3. The highest BCUT2D eigenvalue weighted by Gasteiger charge is 2.28. The summed E-state index contributed by atoms with van der Waals surface area (Å²) in [5, 5.41) is 31.7. The number of nitrogens with one attached hydrogen (secondary N) is 1. The van der Waals surface area contributed by atoms with E-state index in [2.05, 4.69) is 21.6 Å². The van der Waals surface area contributed by atoms with Crippen LogP contribution in [0.25, 0.3) is 0 Å². The van der Waals surface area contributed by atoms with Crippen molar-refractivity contribution in [2.24, 2.45) is 0 Å². The monoisotopic (exact) mass is 468 g/mol. The number of carbonyl (C=O) groups is 1. The number of rotatable bonds is 6. The summed E-state index contributed by atoms with van der Waals surface area (Å²) in [5.74, 6) is -0.727. The fraction of sp³-hybridized carbons (Fsp3) is 0.148. The Kier molecular flexibility index (Phi) is 6.17. The van der Waals surface area contributed by atoms with E-state index in [1.54, 1.807) is 17.3 Å². The van der Waals surface area contributed by atoms with Crippen LogP contribution in [-0.4, -0.2) is 37.8 Å². The molecule has 3 N–H and O–H groups in total. The van der Waals surface area contributed by atoms with Gasteiger partial charge in [0.15, 0.2) is 0 Å². The average molecular weight is 469 g/mol. The van der Waals surface area contributed by atoms with Gasteiger partial charge in [0.1, 0.15) is 29.4 Å². The van der Waals surface area contributed by atoms with Crippen LogP contribution in [0.15, 0.2) is 79.1 Å². The average Bonchev–Trinajstić information content (AvgIpc) is 2.88. The zero-order valence-electron chi connectivity index (χ0n) is 18.9. The molecule has 0 spiro atoms. The van der Waals surface area contributed by atoms with Crippen LogP contribution in [0.2, 0.25) is 0 Å². The lowest BCUT2D eigenvalue weighted by Crippen LogP contribution is -2.36. The molecule has 8 heteroatoms. The fourth-order valence-corrected chi connectivity index (χ4v) is 4.20. The number of amides is 1. The third-order valence-corrected chi connectivity index (χ3v) is 5.94. The summed E-state index contributed by atoms with van der Waals surface area (Å²) in [6, 6.07) is 19.8. The highest BCUT2D eigenvalue weighted by molar-refractivity contribution is 6.00. The predicted octanol–water partition coefficient (Wildman–Crippen LogP) is 4.41. The summed E-state index contributed by atoms with van der Waals surface area (Å²) in [6.45, 7) is 1.04. The van der Waals surface area contributed by atoms with Gasteiger partial charge in [-0.05, 0) is 35.2 Å². The van der Waals surface area contributed by atoms with Gasteiger partial charge in [-0.1, -0.05) is 42.5 Å². The van der Waals surface area contributed by atoms with E-state index in [1.165, 1.54) is 6.07 Å². The number of aromatic nitrogens is 2. The van der Waals surface area contributed by atoms with Crippen LogP contribution in [0.3, 0.4) is 0 Å². The lowest BCUT2D eigenvalue weighted by atomic mass is 9.97. The van der Waals surface area contributed by atoms with E-state index < -0.39 is 0 Å². The minimum Gasteiger partial charge on any atom is -0.508 e. The van der Waals surface area contributed by atoms with Crippen molar-refractivity contribution in [2.75, 3.05) is 11.9 Å². The second-order valence-electron chi connectivity index (χ2n) is 8.29. The van der Waals surface area contributed by atoms with Crippen molar-refractivity contribution in [3.63, 3.8) is 0 Å². The Labute approximate surface area is 202 Å². The smallest absolute Gasteiger partial charge is 0.261 e. The molecule has 3 aromatic carbocycles. The van der Waals surface area contributed by atoms with Gasteiger partial charge in [-0.3, -0.25) is 4.79 Å². The highest BCUT2D eigenvalue weighted by atomic mass is 16.5. The molecule has 5 rings (SSSR count). The molecule has 1 aliphatic rings. The van der Waals surface area contributed by atoms with Crippen molar-refractivity contribution in [1.29, 1.82) is 0 Å². The van der Waals surface area contributed by atoms with Gasteiger partial charge in [-0.25, -0.2) is 0 Å². The van der Waals surface area contributed by atoms with E-state index in [0.29, 0.717) is 19.5 Å². The minimum atomic E-state index is -0.364. The zero-order chi connectivity index (χ0) is 24.2. The van der Waals surface area contributed by atoms with Crippen LogP contribution in [0.1, 0.15) is 27.0 Å². The molecule has 176 valence electrons. The maximum Gasteiger partial charge on any atom is 0.261 e. The molecule has 1 aromatic heterocycles. The Morgan fingerprint density at radius 2 is 1.89 bits per heavy atom. The Morgan fingerprint density at radius 3 is 2.69 bits per heavy atom. The van der Waals surface area contributed by atoms with Crippen molar-refractivity contribution >= 4 is 17.3 Å². The number of anilines is 2. The summed E-state index contributed by atoms with van der Waals surface area (Å²) < 4.78 is 5.88. The van der Waals surface area contributed by atoms with Gasteiger partial charge in [0.25, 0.3) is 5.91 Å². The van der Waals surface area contributed by atoms with Crippen molar-refractivity contribution in [1.82, 2.24) is 15.1 Å². The van der Waals surface area contributed by atoms with Gasteiger partial charge in [0.2, 0.25) is 0 Å². The molecule has 0 saturated heterocycles. The Morgan fingerprint density at radius 1 is 1.03 bits per heavy atom. The molecule has 8 nitrogen and oxygen atoms in total. The van der Waals surface area contributed by atoms with Crippen molar-refractivity contribution < 1.29 is 19.7 Å². The highest BCUT2D eigenvalue weighted by Crippen LogP contribution is 2.36. The Hall–Kier alpha value is -4.59. The number of nitrogens with zero attached hydrogens (tertiary/aromatic N) is 3. The van der Waals surface area contributed by atoms with E-state index >= 15 is 0 Å². The first kappa shape index (κ1) is 22.2. The van der Waals surface area contributed by atoms with E-state index in [0.717, 1.165) is 34.1 Å². The summed E-state index contributed by atoms with van der Waals surface area (Å²) in [6.07, 6.45) is 3.92. The number of fused-ring (bicyclic) bond motifs is 1. The quantitative estimate of drug-likeness (QED) is 0.385. The van der Waals surface area contributed by atoms with Gasteiger partial charge in [-0.2, -0.15) is 10.2 Å². The first-order chi connectivity index (χ1) is 17.1. The Balaban J connectivity index is 1.41. The number of aromatic hydroxyl groups is 2. The molecule has 0 radical (unpaired) electrons. The van der Waals surface area contributed by atoms with Gasteiger partial charge in [0, 0.05) is 30.9 Å². The van der Waals surface area contributed by atoms with Crippen molar-refractivity contribution in [3.05, 3.63) is 101 Å². The van der Waals surface area contributed by atoms with Crippen LogP contribution in [0.4, 0.5) is 11.4 Å². The SMILES string of the molecule is O=C(c1c(O)cc(O)cc1OCc1ccccc1)N1CCc2cccc(Nc3ccnnc3)c2C1. The predicted molar refractivity (Wildman–Crippen MR) is 131 cm³/mol. The molecule has 0 atom stereocenters. The molecule has 4 aromatic rings. The third-order valence-electron chi connectivity index (χ3n) is 5.94. The van der Waals surface area contributed by atoms with E-state index in [1.807, 2.05) is 48.5 Å². The van der Waals surface area contributed by atoms with E-state index in [4.69, 9.17) is 4.74 Å². The van der Waals surface area contributed by atoms with Crippen LogP contribution < -0.4 is 10.1 Å². The van der Waals surface area contributed by atoms with Crippen molar-refractivity contribution in [2.45, 2.75) is 19.6 Å². The second-order valence-corrected chi connectivity index (χ2v) is 8.29. The minimum absolute atomic E-state index is 0.0333. The van der Waals surface area contributed by atoms with Crippen molar-refractivity contribution in [3.8, 4) is 17.2 Å². The van der Waals surface area contributed by atoms with Crippen LogP contribution in [0.5, 0.6) is 17.2 Å². The van der Waals surface area contributed by atoms with E-state index in [9.17, 15) is 15.0 Å². The number of hydrogen-bond acceptors (Lipinski definition) is 7. The molecule has 0 bridgehead atoms. The molecule has 1 amide bonds. The first-order valence-electron chi connectivity index (χ1n) is 11.2. The number of ether oxygens (including phenoxy) is 1. The summed E-state index contributed by atoms with van der Waals surface area (Å²) in [7, 11) is 0. The standard InChI is InChI=1S/C27H24N4O4/c32-21-13-24(33)26(25(14-21)35-17-18-5-2-1-3-6-18)27(34)31-12-10-19-7-4-8-23(22(19)16-31)30-20-9-11-28-29-15-20/h1-9,11,13-15,32-33H,10,12,16-17H2,(H,28,30). The number of benzene rings is 3. The largest absolute Gasteiger partial charge is 0.508 e. The number of phenolic OH excluding ortho intramolecular Hbond substituents is 2. The number of phenols is 2. The fourth-order valence-electron chi connectivity index (χ4n) is 4.20. The normalized spacial score (nSPS) is 12.6. The van der Waals surface area contributed by atoms with E-state index in [-0.39, 0.29) is 35.3 Å². The number of hydrogen-bond donors (Lipinski definition) is 3. The summed E-state index contributed by atoms with van der Waals surface area (Å²) in [5.41, 5.74) is 4.76. The zero-order valence-corrected chi connectivity index (χ0v) is 18.9.